The number of aromatic nitrogens is 2. The standard InChI is InChI=1S/C21H20N2O/c1-12-8-13(2)20(14(3)9-12)16-6-5-7-23-18(16)11-17-21(23)19(24)10-15(4)22-17/h5-11H,1-4H3,(H,22,24). The molecule has 0 aliphatic carbocycles. The second-order valence-electron chi connectivity index (χ2n) is 6.61. The van der Waals surface area contributed by atoms with Gasteiger partial charge in [0.05, 0.1) is 11.0 Å². The average molecular weight is 316 g/mol. The van der Waals surface area contributed by atoms with Crippen LogP contribution in [0.2, 0.25) is 0 Å². The quantitative estimate of drug-likeness (QED) is 0.531. The van der Waals surface area contributed by atoms with E-state index in [0.717, 1.165) is 22.2 Å². The molecule has 0 aliphatic heterocycles. The largest absolute Gasteiger partial charge is 0.506 e. The number of benzene rings is 1. The van der Waals surface area contributed by atoms with Crippen molar-refractivity contribution in [1.29, 1.82) is 0 Å². The van der Waals surface area contributed by atoms with Crippen LogP contribution in [0.4, 0.5) is 0 Å². The number of rotatable bonds is 1. The van der Waals surface area contributed by atoms with Crippen molar-refractivity contribution in [2.75, 3.05) is 0 Å². The van der Waals surface area contributed by atoms with E-state index in [1.807, 2.05) is 23.6 Å². The predicted octanol–water partition coefficient (Wildman–Crippen LogP) is 5.09. The molecule has 0 fully saturated rings. The van der Waals surface area contributed by atoms with Crippen LogP contribution in [0.15, 0.2) is 42.6 Å². The Morgan fingerprint density at radius 2 is 1.67 bits per heavy atom. The fourth-order valence-corrected chi connectivity index (χ4v) is 3.83. The van der Waals surface area contributed by atoms with Gasteiger partial charge in [-0.2, -0.15) is 0 Å². The van der Waals surface area contributed by atoms with Crippen LogP contribution in [-0.4, -0.2) is 14.5 Å². The number of fused-ring (bicyclic) bond motifs is 3. The van der Waals surface area contributed by atoms with Crippen LogP contribution >= 0.6 is 0 Å². The Labute approximate surface area is 141 Å². The van der Waals surface area contributed by atoms with E-state index in [2.05, 4.69) is 50.0 Å². The van der Waals surface area contributed by atoms with Gasteiger partial charge in [0.2, 0.25) is 0 Å². The van der Waals surface area contributed by atoms with Gasteiger partial charge >= 0.3 is 0 Å². The first-order valence-electron chi connectivity index (χ1n) is 8.14. The van der Waals surface area contributed by atoms with Crippen LogP contribution in [0.3, 0.4) is 0 Å². The maximum absolute atomic E-state index is 10.4. The lowest BCUT2D eigenvalue weighted by Crippen LogP contribution is -1.93. The molecule has 3 aromatic heterocycles. The molecule has 3 heterocycles. The van der Waals surface area contributed by atoms with E-state index in [1.165, 1.54) is 27.8 Å². The van der Waals surface area contributed by atoms with Crippen LogP contribution in [0.5, 0.6) is 5.75 Å². The lowest BCUT2D eigenvalue weighted by Gasteiger charge is -2.13. The summed E-state index contributed by atoms with van der Waals surface area (Å²) in [4.78, 5) is 4.59. The normalized spacial score (nSPS) is 11.5. The van der Waals surface area contributed by atoms with E-state index in [1.54, 1.807) is 6.07 Å². The van der Waals surface area contributed by atoms with Gasteiger partial charge in [0, 0.05) is 23.5 Å². The molecular weight excluding hydrogens is 296 g/mol. The molecule has 0 unspecified atom stereocenters. The zero-order valence-corrected chi connectivity index (χ0v) is 14.4. The molecule has 1 aromatic carbocycles. The maximum Gasteiger partial charge on any atom is 0.143 e. The van der Waals surface area contributed by atoms with Crippen molar-refractivity contribution in [1.82, 2.24) is 9.38 Å². The third kappa shape index (κ3) is 2.08. The number of aryl methyl sites for hydroxylation is 4. The third-order valence-electron chi connectivity index (χ3n) is 4.62. The Balaban J connectivity index is 2.14. The van der Waals surface area contributed by atoms with Crippen molar-refractivity contribution in [2.24, 2.45) is 0 Å². The van der Waals surface area contributed by atoms with Gasteiger partial charge in [0.25, 0.3) is 0 Å². The molecule has 0 aliphatic rings. The number of aromatic hydroxyl groups is 1. The molecule has 0 radical (unpaired) electrons. The molecule has 0 spiro atoms. The molecule has 120 valence electrons. The third-order valence-corrected chi connectivity index (χ3v) is 4.62. The summed E-state index contributed by atoms with van der Waals surface area (Å²) in [5.74, 6) is 0.270. The molecule has 24 heavy (non-hydrogen) atoms. The fourth-order valence-electron chi connectivity index (χ4n) is 3.83. The summed E-state index contributed by atoms with van der Waals surface area (Å²) in [5.41, 5.74) is 9.70. The first kappa shape index (κ1) is 14.8. The van der Waals surface area contributed by atoms with Gasteiger partial charge < -0.3 is 9.51 Å². The summed E-state index contributed by atoms with van der Waals surface area (Å²) in [6.07, 6.45) is 1.98. The molecular formula is C21H20N2O. The summed E-state index contributed by atoms with van der Waals surface area (Å²) in [5, 5.41) is 10.4. The van der Waals surface area contributed by atoms with Crippen LogP contribution in [-0.2, 0) is 0 Å². The number of hydrogen-bond acceptors (Lipinski definition) is 2. The first-order valence-corrected chi connectivity index (χ1v) is 8.14. The molecule has 0 saturated heterocycles. The Morgan fingerprint density at radius 1 is 0.958 bits per heavy atom. The van der Waals surface area contributed by atoms with E-state index in [9.17, 15) is 5.11 Å². The molecule has 0 bridgehead atoms. The summed E-state index contributed by atoms with van der Waals surface area (Å²) in [6.45, 7) is 8.33. The molecule has 4 rings (SSSR count). The smallest absolute Gasteiger partial charge is 0.143 e. The molecule has 0 saturated carbocycles. The summed E-state index contributed by atoms with van der Waals surface area (Å²) >= 11 is 0. The van der Waals surface area contributed by atoms with Crippen LogP contribution in [0.25, 0.3) is 27.7 Å². The zero-order valence-electron chi connectivity index (χ0n) is 14.4. The van der Waals surface area contributed by atoms with Crippen LogP contribution in [0.1, 0.15) is 22.4 Å². The highest BCUT2D eigenvalue weighted by atomic mass is 16.3. The molecule has 4 aromatic rings. The average Bonchev–Trinajstić information content (AvgIpc) is 2.85. The van der Waals surface area contributed by atoms with Crippen molar-refractivity contribution in [2.45, 2.75) is 27.7 Å². The zero-order chi connectivity index (χ0) is 17.0. The minimum Gasteiger partial charge on any atom is -0.506 e. The van der Waals surface area contributed by atoms with Crippen LogP contribution < -0.4 is 0 Å². The van der Waals surface area contributed by atoms with E-state index in [-0.39, 0.29) is 5.75 Å². The summed E-state index contributed by atoms with van der Waals surface area (Å²) < 4.78 is 2.03. The maximum atomic E-state index is 10.4. The Bertz CT molecular complexity index is 1080. The molecule has 3 heteroatoms. The highest BCUT2D eigenvalue weighted by Gasteiger charge is 2.15. The SMILES string of the molecule is Cc1cc(C)c(-c2cccn3c2cc2nc(C)cc(O)c23)c(C)c1. The summed E-state index contributed by atoms with van der Waals surface area (Å²) in [7, 11) is 0. The highest BCUT2D eigenvalue weighted by molar-refractivity contribution is 5.95. The number of nitrogens with zero attached hydrogens (tertiary/aromatic N) is 2. The van der Waals surface area contributed by atoms with Crippen molar-refractivity contribution in [3.8, 4) is 16.9 Å². The molecule has 0 atom stereocenters. The molecule has 3 nitrogen and oxygen atoms in total. The highest BCUT2D eigenvalue weighted by Crippen LogP contribution is 2.35. The van der Waals surface area contributed by atoms with Gasteiger partial charge in [0.1, 0.15) is 11.3 Å². The van der Waals surface area contributed by atoms with Crippen molar-refractivity contribution < 1.29 is 5.11 Å². The minimum atomic E-state index is 0.270. The molecule has 0 amide bonds. The lowest BCUT2D eigenvalue weighted by molar-refractivity contribution is 0.479. The number of hydrogen-bond donors (Lipinski definition) is 1. The van der Waals surface area contributed by atoms with Gasteiger partial charge in [-0.3, -0.25) is 4.98 Å². The van der Waals surface area contributed by atoms with Gasteiger partial charge in [-0.15, -0.1) is 0 Å². The molecule has 1 N–H and O–H groups in total. The Kier molecular flexibility index (Phi) is 3.14. The van der Waals surface area contributed by atoms with Gasteiger partial charge in [-0.1, -0.05) is 23.8 Å². The minimum absolute atomic E-state index is 0.270. The Morgan fingerprint density at radius 3 is 2.38 bits per heavy atom. The van der Waals surface area contributed by atoms with Crippen molar-refractivity contribution in [3.63, 3.8) is 0 Å². The van der Waals surface area contributed by atoms with E-state index in [4.69, 9.17) is 0 Å². The van der Waals surface area contributed by atoms with Crippen molar-refractivity contribution >= 4 is 16.6 Å². The summed E-state index contributed by atoms with van der Waals surface area (Å²) in [6, 6.07) is 12.4. The number of pyridine rings is 2. The second kappa shape index (κ2) is 5.10. The fraction of sp³-hybridized carbons (Fsp3) is 0.190. The lowest BCUT2D eigenvalue weighted by atomic mass is 9.94. The van der Waals surface area contributed by atoms with Gasteiger partial charge in [-0.25, -0.2) is 0 Å². The Hall–Kier alpha value is -2.81. The van der Waals surface area contributed by atoms with Crippen LogP contribution in [0, 0.1) is 27.7 Å². The van der Waals surface area contributed by atoms with E-state index >= 15 is 0 Å². The van der Waals surface area contributed by atoms with E-state index in [0.29, 0.717) is 0 Å². The van der Waals surface area contributed by atoms with E-state index < -0.39 is 0 Å². The first-order chi connectivity index (χ1) is 11.5. The monoisotopic (exact) mass is 316 g/mol. The second-order valence-corrected chi connectivity index (χ2v) is 6.61. The van der Waals surface area contributed by atoms with Gasteiger partial charge in [0.15, 0.2) is 0 Å². The van der Waals surface area contributed by atoms with Crippen molar-refractivity contribution in [3.05, 3.63) is 65.0 Å². The topological polar surface area (TPSA) is 37.5 Å². The van der Waals surface area contributed by atoms with Gasteiger partial charge in [-0.05, 0) is 56.5 Å². The predicted molar refractivity (Wildman–Crippen MR) is 98.7 cm³/mol.